The summed E-state index contributed by atoms with van der Waals surface area (Å²) in [4.78, 5) is 13.8. The molecule has 0 radical (unpaired) electrons. The van der Waals surface area contributed by atoms with Crippen molar-refractivity contribution in [2.45, 2.75) is 53.1 Å². The standard InChI is InChI=1S/C12H24N2O/c1-6-14(7-2)11(15)9(3)13-10-8-12(10,4)5/h9-10,13H,6-8H2,1-5H3. The average molecular weight is 212 g/mol. The number of likely N-dealkylation sites (N-methyl/N-ethyl adjacent to an activating group) is 1. The van der Waals surface area contributed by atoms with Crippen LogP contribution in [-0.2, 0) is 4.79 Å². The van der Waals surface area contributed by atoms with Gasteiger partial charge in [-0.2, -0.15) is 0 Å². The Morgan fingerprint density at radius 2 is 1.93 bits per heavy atom. The summed E-state index contributed by atoms with van der Waals surface area (Å²) in [6.45, 7) is 12.1. The van der Waals surface area contributed by atoms with E-state index in [1.807, 2.05) is 25.7 Å². The van der Waals surface area contributed by atoms with Crippen LogP contribution in [0.5, 0.6) is 0 Å². The van der Waals surface area contributed by atoms with Crippen LogP contribution in [0.2, 0.25) is 0 Å². The van der Waals surface area contributed by atoms with Gasteiger partial charge in [-0.3, -0.25) is 4.79 Å². The van der Waals surface area contributed by atoms with Crippen LogP contribution in [0.25, 0.3) is 0 Å². The summed E-state index contributed by atoms with van der Waals surface area (Å²) in [6, 6.07) is 0.476. The topological polar surface area (TPSA) is 32.3 Å². The Balaban J connectivity index is 2.40. The fourth-order valence-electron chi connectivity index (χ4n) is 1.93. The second kappa shape index (κ2) is 4.52. The summed E-state index contributed by atoms with van der Waals surface area (Å²) in [6.07, 6.45) is 1.18. The lowest BCUT2D eigenvalue weighted by Crippen LogP contribution is -2.46. The summed E-state index contributed by atoms with van der Waals surface area (Å²) in [7, 11) is 0. The number of amides is 1. The van der Waals surface area contributed by atoms with E-state index in [4.69, 9.17) is 0 Å². The molecule has 2 atom stereocenters. The second-order valence-corrected chi connectivity index (χ2v) is 5.14. The predicted molar refractivity (Wildman–Crippen MR) is 62.7 cm³/mol. The van der Waals surface area contributed by atoms with E-state index < -0.39 is 0 Å². The van der Waals surface area contributed by atoms with Crippen LogP contribution < -0.4 is 5.32 Å². The van der Waals surface area contributed by atoms with E-state index in [1.54, 1.807) is 0 Å². The van der Waals surface area contributed by atoms with Crippen molar-refractivity contribution < 1.29 is 4.79 Å². The first-order valence-electron chi connectivity index (χ1n) is 5.97. The third kappa shape index (κ3) is 2.94. The predicted octanol–water partition coefficient (Wildman–Crippen LogP) is 1.63. The normalized spacial score (nSPS) is 24.7. The Kier molecular flexibility index (Phi) is 3.77. The number of nitrogens with one attached hydrogen (secondary N) is 1. The molecule has 0 heterocycles. The Labute approximate surface area is 93.2 Å². The molecule has 0 aromatic rings. The van der Waals surface area contributed by atoms with Crippen molar-refractivity contribution in [3.8, 4) is 0 Å². The lowest BCUT2D eigenvalue weighted by atomic mass is 10.2. The highest BCUT2D eigenvalue weighted by Crippen LogP contribution is 2.44. The summed E-state index contributed by atoms with van der Waals surface area (Å²) in [5, 5.41) is 3.40. The van der Waals surface area contributed by atoms with E-state index in [2.05, 4.69) is 19.2 Å². The summed E-state index contributed by atoms with van der Waals surface area (Å²) in [5.41, 5.74) is 0.387. The molecule has 15 heavy (non-hydrogen) atoms. The van der Waals surface area contributed by atoms with Gasteiger partial charge in [0, 0.05) is 19.1 Å². The van der Waals surface area contributed by atoms with E-state index in [1.165, 1.54) is 6.42 Å². The maximum atomic E-state index is 11.9. The number of hydrogen-bond acceptors (Lipinski definition) is 2. The molecule has 1 rings (SSSR count). The van der Waals surface area contributed by atoms with E-state index in [0.717, 1.165) is 13.1 Å². The van der Waals surface area contributed by atoms with Crippen molar-refractivity contribution in [3.05, 3.63) is 0 Å². The summed E-state index contributed by atoms with van der Waals surface area (Å²) in [5.74, 6) is 0.225. The Morgan fingerprint density at radius 1 is 1.47 bits per heavy atom. The monoisotopic (exact) mass is 212 g/mol. The summed E-state index contributed by atoms with van der Waals surface area (Å²) < 4.78 is 0. The van der Waals surface area contributed by atoms with Crippen LogP contribution in [0, 0.1) is 5.41 Å². The van der Waals surface area contributed by atoms with Gasteiger partial charge in [0.15, 0.2) is 0 Å². The first-order valence-corrected chi connectivity index (χ1v) is 5.97. The molecule has 0 aliphatic heterocycles. The Hall–Kier alpha value is -0.570. The molecule has 1 fully saturated rings. The lowest BCUT2D eigenvalue weighted by Gasteiger charge is -2.24. The zero-order valence-electron chi connectivity index (χ0n) is 10.6. The quantitative estimate of drug-likeness (QED) is 0.751. The number of carbonyl (C=O) groups is 1. The first-order chi connectivity index (χ1) is 6.92. The maximum absolute atomic E-state index is 11.9. The van der Waals surface area contributed by atoms with Gasteiger partial charge in [-0.05, 0) is 32.6 Å². The maximum Gasteiger partial charge on any atom is 0.239 e. The second-order valence-electron chi connectivity index (χ2n) is 5.14. The van der Waals surface area contributed by atoms with Gasteiger partial charge < -0.3 is 10.2 Å². The van der Waals surface area contributed by atoms with Crippen molar-refractivity contribution in [3.63, 3.8) is 0 Å². The van der Waals surface area contributed by atoms with E-state index in [0.29, 0.717) is 11.5 Å². The van der Waals surface area contributed by atoms with Crippen LogP contribution in [-0.4, -0.2) is 36.0 Å². The van der Waals surface area contributed by atoms with Crippen LogP contribution in [0.1, 0.15) is 41.0 Å². The van der Waals surface area contributed by atoms with Gasteiger partial charge in [0.05, 0.1) is 6.04 Å². The molecule has 3 heteroatoms. The molecule has 1 amide bonds. The number of hydrogen-bond donors (Lipinski definition) is 1. The Bertz CT molecular complexity index is 234. The minimum absolute atomic E-state index is 0.0447. The fourth-order valence-corrected chi connectivity index (χ4v) is 1.93. The highest BCUT2D eigenvalue weighted by molar-refractivity contribution is 5.81. The third-order valence-corrected chi connectivity index (χ3v) is 3.41. The molecule has 2 unspecified atom stereocenters. The molecule has 0 bridgehead atoms. The third-order valence-electron chi connectivity index (χ3n) is 3.41. The van der Waals surface area contributed by atoms with Gasteiger partial charge in [-0.25, -0.2) is 0 Å². The number of nitrogens with zero attached hydrogens (tertiary/aromatic N) is 1. The van der Waals surface area contributed by atoms with Gasteiger partial charge in [-0.15, -0.1) is 0 Å². The van der Waals surface area contributed by atoms with Gasteiger partial charge in [0.1, 0.15) is 0 Å². The van der Waals surface area contributed by atoms with Crippen LogP contribution in [0.4, 0.5) is 0 Å². The van der Waals surface area contributed by atoms with Gasteiger partial charge in [-0.1, -0.05) is 13.8 Å². The van der Waals surface area contributed by atoms with Crippen LogP contribution in [0.3, 0.4) is 0 Å². The summed E-state index contributed by atoms with van der Waals surface area (Å²) >= 11 is 0. The highest BCUT2D eigenvalue weighted by atomic mass is 16.2. The van der Waals surface area contributed by atoms with E-state index >= 15 is 0 Å². The van der Waals surface area contributed by atoms with Crippen molar-refractivity contribution in [1.29, 1.82) is 0 Å². The SMILES string of the molecule is CCN(CC)C(=O)C(C)NC1CC1(C)C. The van der Waals surface area contributed by atoms with Gasteiger partial charge in [0.2, 0.25) is 5.91 Å². The molecule has 0 aromatic heterocycles. The molecule has 88 valence electrons. The van der Waals surface area contributed by atoms with Crippen molar-refractivity contribution in [1.82, 2.24) is 10.2 Å². The minimum Gasteiger partial charge on any atom is -0.342 e. The van der Waals surface area contributed by atoms with Gasteiger partial charge >= 0.3 is 0 Å². The molecular formula is C12H24N2O. The molecule has 3 nitrogen and oxygen atoms in total. The zero-order chi connectivity index (χ0) is 11.6. The van der Waals surface area contributed by atoms with Gasteiger partial charge in [0.25, 0.3) is 0 Å². The first kappa shape index (κ1) is 12.5. The smallest absolute Gasteiger partial charge is 0.239 e. The number of rotatable bonds is 5. The van der Waals surface area contributed by atoms with Crippen LogP contribution in [0.15, 0.2) is 0 Å². The lowest BCUT2D eigenvalue weighted by molar-refractivity contribution is -0.132. The Morgan fingerprint density at radius 3 is 2.27 bits per heavy atom. The molecule has 1 aliphatic carbocycles. The van der Waals surface area contributed by atoms with Crippen molar-refractivity contribution in [2.24, 2.45) is 5.41 Å². The molecule has 0 aromatic carbocycles. The minimum atomic E-state index is -0.0447. The molecule has 0 saturated heterocycles. The molecule has 1 saturated carbocycles. The average Bonchev–Trinajstić information content (AvgIpc) is 2.75. The van der Waals surface area contributed by atoms with Crippen LogP contribution >= 0.6 is 0 Å². The van der Waals surface area contributed by atoms with E-state index in [9.17, 15) is 4.79 Å². The molecule has 1 aliphatic rings. The van der Waals surface area contributed by atoms with Crippen molar-refractivity contribution >= 4 is 5.91 Å². The highest BCUT2D eigenvalue weighted by Gasteiger charge is 2.46. The largest absolute Gasteiger partial charge is 0.342 e. The van der Waals surface area contributed by atoms with Crippen molar-refractivity contribution in [2.75, 3.05) is 13.1 Å². The molecular weight excluding hydrogens is 188 g/mol. The fraction of sp³-hybridized carbons (Fsp3) is 0.917. The molecule has 1 N–H and O–H groups in total. The van der Waals surface area contributed by atoms with E-state index in [-0.39, 0.29) is 11.9 Å². The molecule has 0 spiro atoms. The number of carbonyl (C=O) groups excluding carboxylic acids is 1. The zero-order valence-corrected chi connectivity index (χ0v) is 10.6.